The van der Waals surface area contributed by atoms with Gasteiger partial charge in [-0.05, 0) is 18.6 Å². The van der Waals surface area contributed by atoms with Crippen molar-refractivity contribution < 1.29 is 27.2 Å². The predicted molar refractivity (Wildman–Crippen MR) is 71.0 cm³/mol. The second kappa shape index (κ2) is 5.66. The lowest BCUT2D eigenvalue weighted by molar-refractivity contribution is -0.182. The third-order valence-corrected chi connectivity index (χ3v) is 3.95. The lowest BCUT2D eigenvalue weighted by atomic mass is 9.95. The lowest BCUT2D eigenvalue weighted by Crippen LogP contribution is -2.37. The number of hydrogen-bond donors (Lipinski definition) is 1. The molecule has 1 aromatic rings. The van der Waals surface area contributed by atoms with Gasteiger partial charge in [0.1, 0.15) is 5.76 Å². The number of carbonyl (C=O) groups is 2. The molecule has 0 saturated carbocycles. The number of hydrogen-bond acceptors (Lipinski definition) is 3. The molecule has 22 heavy (non-hydrogen) atoms. The van der Waals surface area contributed by atoms with Gasteiger partial charge >= 0.3 is 6.18 Å². The fourth-order valence-corrected chi connectivity index (χ4v) is 2.72. The highest BCUT2D eigenvalue weighted by Crippen LogP contribution is 2.38. The molecule has 1 aliphatic rings. The molecule has 5 nitrogen and oxygen atoms in total. The average molecular weight is 318 g/mol. The smallest absolute Gasteiger partial charge is 0.394 e. The molecule has 2 atom stereocenters. The van der Waals surface area contributed by atoms with E-state index in [4.69, 9.17) is 10.2 Å². The Balaban J connectivity index is 2.22. The Morgan fingerprint density at radius 2 is 2.05 bits per heavy atom. The van der Waals surface area contributed by atoms with Gasteiger partial charge in [-0.3, -0.25) is 9.59 Å². The fourth-order valence-electron chi connectivity index (χ4n) is 2.72. The summed E-state index contributed by atoms with van der Waals surface area (Å²) >= 11 is 0. The van der Waals surface area contributed by atoms with Crippen molar-refractivity contribution in [3.63, 3.8) is 0 Å². The maximum atomic E-state index is 13.0. The van der Waals surface area contributed by atoms with E-state index in [0.29, 0.717) is 12.2 Å². The van der Waals surface area contributed by atoms with Crippen LogP contribution < -0.4 is 5.73 Å². The van der Waals surface area contributed by atoms with Crippen molar-refractivity contribution in [2.45, 2.75) is 26.4 Å². The van der Waals surface area contributed by atoms with Gasteiger partial charge in [0.15, 0.2) is 5.76 Å². The Hall–Kier alpha value is -1.99. The maximum Gasteiger partial charge on any atom is 0.394 e. The number of carbonyl (C=O) groups excluding carboxylic acids is 2. The minimum absolute atomic E-state index is 0.0135. The first-order valence-electron chi connectivity index (χ1n) is 6.89. The van der Waals surface area contributed by atoms with Crippen LogP contribution in [0.25, 0.3) is 0 Å². The Bertz CT molecular complexity index is 595. The zero-order chi connectivity index (χ0) is 16.7. The number of nitrogens with zero attached hydrogens (tertiary/aromatic N) is 1. The van der Waals surface area contributed by atoms with E-state index in [1.165, 1.54) is 6.07 Å². The zero-order valence-electron chi connectivity index (χ0n) is 12.2. The van der Waals surface area contributed by atoms with Crippen LogP contribution in [0.2, 0.25) is 0 Å². The molecule has 0 bridgehead atoms. The molecule has 2 N–H and O–H groups in total. The summed E-state index contributed by atoms with van der Waals surface area (Å²) in [6.07, 6.45) is -4.00. The highest BCUT2D eigenvalue weighted by molar-refractivity contribution is 5.92. The molecule has 0 spiro atoms. The molecule has 0 aliphatic carbocycles. The molecule has 1 fully saturated rings. The lowest BCUT2D eigenvalue weighted by Gasteiger charge is -2.18. The van der Waals surface area contributed by atoms with Crippen LogP contribution in [0.3, 0.4) is 0 Å². The Kier molecular flexibility index (Phi) is 4.21. The number of primary amides is 1. The third-order valence-electron chi connectivity index (χ3n) is 3.95. The van der Waals surface area contributed by atoms with E-state index in [1.54, 1.807) is 6.92 Å². The Morgan fingerprint density at radius 1 is 1.41 bits per heavy atom. The summed E-state index contributed by atoms with van der Waals surface area (Å²) in [6, 6.07) is 1.50. The summed E-state index contributed by atoms with van der Waals surface area (Å²) in [7, 11) is 0. The van der Waals surface area contributed by atoms with Crippen LogP contribution in [-0.4, -0.2) is 36.0 Å². The molecule has 122 valence electrons. The average Bonchev–Trinajstić information content (AvgIpc) is 3.00. The summed E-state index contributed by atoms with van der Waals surface area (Å²) in [6.45, 7) is 2.67. The van der Waals surface area contributed by atoms with E-state index in [0.717, 1.165) is 10.5 Å². The summed E-state index contributed by atoms with van der Waals surface area (Å²) in [5, 5.41) is 0. The molecule has 0 aromatic carbocycles. The highest BCUT2D eigenvalue weighted by Gasteiger charge is 2.53. The van der Waals surface area contributed by atoms with Gasteiger partial charge < -0.3 is 15.1 Å². The van der Waals surface area contributed by atoms with Crippen LogP contribution in [-0.2, 0) is 11.2 Å². The van der Waals surface area contributed by atoms with Gasteiger partial charge in [0.2, 0.25) is 5.91 Å². The van der Waals surface area contributed by atoms with E-state index in [1.807, 2.05) is 6.92 Å². The van der Waals surface area contributed by atoms with Crippen LogP contribution in [0.1, 0.15) is 28.8 Å². The van der Waals surface area contributed by atoms with Crippen molar-refractivity contribution in [2.75, 3.05) is 13.1 Å². The van der Waals surface area contributed by atoms with Crippen LogP contribution >= 0.6 is 0 Å². The van der Waals surface area contributed by atoms with Crippen LogP contribution in [0, 0.1) is 18.8 Å². The van der Waals surface area contributed by atoms with E-state index in [9.17, 15) is 22.8 Å². The summed E-state index contributed by atoms with van der Waals surface area (Å²) in [5.74, 6) is -4.47. The molecule has 2 rings (SSSR count). The number of alkyl halides is 3. The first kappa shape index (κ1) is 16.4. The SMILES string of the molecule is CCc1oc(C(=O)N2C[C@@H](C(F)(F)F)[C@H](C(N)=O)C2)cc1C. The first-order chi connectivity index (χ1) is 10.1. The number of likely N-dealkylation sites (tertiary alicyclic amines) is 1. The van der Waals surface area contributed by atoms with Crippen molar-refractivity contribution in [3.05, 3.63) is 23.2 Å². The Morgan fingerprint density at radius 3 is 2.45 bits per heavy atom. The second-order valence-corrected chi connectivity index (χ2v) is 5.44. The van der Waals surface area contributed by atoms with Crippen molar-refractivity contribution in [3.8, 4) is 0 Å². The summed E-state index contributed by atoms with van der Waals surface area (Å²) < 4.78 is 44.3. The van der Waals surface area contributed by atoms with E-state index in [-0.39, 0.29) is 12.3 Å². The standard InChI is InChI=1S/C14H17F3N2O3/c1-3-10-7(2)4-11(22-10)13(21)19-5-8(12(18)20)9(6-19)14(15,16)17/h4,8-9H,3,5-6H2,1-2H3,(H2,18,20)/t8-,9-/m1/s1. The van der Waals surface area contributed by atoms with Gasteiger partial charge in [-0.1, -0.05) is 6.92 Å². The number of nitrogens with two attached hydrogens (primary N) is 1. The first-order valence-corrected chi connectivity index (χ1v) is 6.89. The minimum atomic E-state index is -4.58. The summed E-state index contributed by atoms with van der Waals surface area (Å²) in [4.78, 5) is 24.5. The van der Waals surface area contributed by atoms with Crippen molar-refractivity contribution >= 4 is 11.8 Å². The molecule has 0 unspecified atom stereocenters. The predicted octanol–water partition coefficient (Wildman–Crippen LogP) is 1.89. The van der Waals surface area contributed by atoms with E-state index in [2.05, 4.69) is 0 Å². The molecule has 0 radical (unpaired) electrons. The topological polar surface area (TPSA) is 76.5 Å². The van der Waals surface area contributed by atoms with E-state index >= 15 is 0 Å². The zero-order valence-corrected chi connectivity index (χ0v) is 12.2. The number of halogens is 3. The van der Waals surface area contributed by atoms with E-state index < -0.39 is 36.4 Å². The molecule has 1 aliphatic heterocycles. The van der Waals surface area contributed by atoms with Gasteiger partial charge in [-0.2, -0.15) is 13.2 Å². The normalized spacial score (nSPS) is 22.1. The third kappa shape index (κ3) is 2.95. The van der Waals surface area contributed by atoms with Crippen LogP contribution in [0.4, 0.5) is 13.2 Å². The molecular formula is C14H17F3N2O3. The second-order valence-electron chi connectivity index (χ2n) is 5.44. The van der Waals surface area contributed by atoms with Gasteiger partial charge in [0.25, 0.3) is 5.91 Å². The van der Waals surface area contributed by atoms with Gasteiger partial charge in [0, 0.05) is 19.5 Å². The number of rotatable bonds is 3. The highest BCUT2D eigenvalue weighted by atomic mass is 19.4. The van der Waals surface area contributed by atoms with Gasteiger partial charge in [-0.15, -0.1) is 0 Å². The van der Waals surface area contributed by atoms with Crippen molar-refractivity contribution in [2.24, 2.45) is 17.6 Å². The molecule has 1 aromatic heterocycles. The molecule has 2 amide bonds. The summed E-state index contributed by atoms with van der Waals surface area (Å²) in [5.41, 5.74) is 5.80. The fraction of sp³-hybridized carbons (Fsp3) is 0.571. The quantitative estimate of drug-likeness (QED) is 0.924. The Labute approximate surface area is 125 Å². The monoisotopic (exact) mass is 318 g/mol. The van der Waals surface area contributed by atoms with Crippen LogP contribution in [0.5, 0.6) is 0 Å². The van der Waals surface area contributed by atoms with Gasteiger partial charge in [0.05, 0.1) is 11.8 Å². The maximum absolute atomic E-state index is 13.0. The van der Waals surface area contributed by atoms with Crippen molar-refractivity contribution in [1.29, 1.82) is 0 Å². The molecule has 1 saturated heterocycles. The number of amides is 2. The molecule has 2 heterocycles. The number of furan rings is 1. The molecule has 8 heteroatoms. The van der Waals surface area contributed by atoms with Crippen LogP contribution in [0.15, 0.2) is 10.5 Å². The molecular weight excluding hydrogens is 301 g/mol. The largest absolute Gasteiger partial charge is 0.456 e. The minimum Gasteiger partial charge on any atom is -0.456 e. The van der Waals surface area contributed by atoms with Gasteiger partial charge in [-0.25, -0.2) is 0 Å². The number of aryl methyl sites for hydroxylation is 2. The van der Waals surface area contributed by atoms with Crippen molar-refractivity contribution in [1.82, 2.24) is 4.90 Å².